The third-order valence-corrected chi connectivity index (χ3v) is 2.93. The summed E-state index contributed by atoms with van der Waals surface area (Å²) < 4.78 is 40.6. The van der Waals surface area contributed by atoms with Crippen molar-refractivity contribution in [3.63, 3.8) is 0 Å². The summed E-state index contributed by atoms with van der Waals surface area (Å²) in [6, 6.07) is 4.10. The van der Waals surface area contributed by atoms with Crippen molar-refractivity contribution in [3.8, 4) is 0 Å². The van der Waals surface area contributed by atoms with E-state index in [2.05, 4.69) is 10.3 Å². The molecule has 0 amide bonds. The van der Waals surface area contributed by atoms with Crippen LogP contribution in [-0.2, 0) is 0 Å². The first-order chi connectivity index (χ1) is 9.61. The molecule has 1 aromatic carbocycles. The molecule has 0 aliphatic heterocycles. The third kappa shape index (κ3) is 3.36. The molecule has 1 unspecified atom stereocenters. The van der Waals surface area contributed by atoms with Gasteiger partial charge in [0.15, 0.2) is 0 Å². The van der Waals surface area contributed by atoms with Crippen molar-refractivity contribution in [1.29, 1.82) is 0 Å². The zero-order chi connectivity index (χ0) is 14.5. The number of nitrogens with one attached hydrogen (secondary N) is 1. The van der Waals surface area contributed by atoms with E-state index >= 15 is 0 Å². The highest BCUT2D eigenvalue weighted by Gasteiger charge is 2.18. The van der Waals surface area contributed by atoms with Crippen LogP contribution >= 0.6 is 0 Å². The Labute approximate surface area is 115 Å². The first-order valence-electron chi connectivity index (χ1n) is 6.40. The summed E-state index contributed by atoms with van der Waals surface area (Å²) >= 11 is 0. The number of pyridine rings is 1. The van der Waals surface area contributed by atoms with E-state index in [0.717, 1.165) is 18.7 Å². The second-order valence-electron chi connectivity index (χ2n) is 4.49. The summed E-state index contributed by atoms with van der Waals surface area (Å²) in [4.78, 5) is 3.69. The number of rotatable bonds is 5. The largest absolute Gasteiger partial charge is 0.306 e. The fourth-order valence-electron chi connectivity index (χ4n) is 2.06. The maximum Gasteiger partial charge on any atom is 0.146 e. The van der Waals surface area contributed by atoms with Crippen LogP contribution in [0.25, 0.3) is 0 Å². The summed E-state index contributed by atoms with van der Waals surface area (Å²) in [5.74, 6) is -1.87. The fraction of sp³-hybridized carbons (Fsp3) is 0.267. The van der Waals surface area contributed by atoms with Crippen LogP contribution in [0.1, 0.15) is 30.5 Å². The van der Waals surface area contributed by atoms with Crippen molar-refractivity contribution in [2.24, 2.45) is 0 Å². The monoisotopic (exact) mass is 280 g/mol. The second-order valence-corrected chi connectivity index (χ2v) is 4.49. The van der Waals surface area contributed by atoms with Crippen molar-refractivity contribution in [2.75, 3.05) is 6.54 Å². The standard InChI is InChI=1S/C15H15F3N2/c1-2-4-20-15(13-3-5-19-9-14(13)18)10-6-11(16)8-12(17)7-10/h3,5-9,15,20H,2,4H2,1H3. The lowest BCUT2D eigenvalue weighted by Crippen LogP contribution is -2.24. The molecule has 1 heterocycles. The average molecular weight is 280 g/mol. The normalized spacial score (nSPS) is 12.4. The molecule has 1 N–H and O–H groups in total. The van der Waals surface area contributed by atoms with E-state index in [1.807, 2.05) is 6.92 Å². The first kappa shape index (κ1) is 14.5. The molecule has 2 rings (SSSR count). The lowest BCUT2D eigenvalue weighted by molar-refractivity contribution is 0.531. The molecule has 0 radical (unpaired) electrons. The van der Waals surface area contributed by atoms with Crippen LogP contribution < -0.4 is 5.32 Å². The molecule has 1 aromatic heterocycles. The van der Waals surface area contributed by atoms with Crippen LogP contribution in [0, 0.1) is 17.5 Å². The van der Waals surface area contributed by atoms with E-state index in [-0.39, 0.29) is 0 Å². The van der Waals surface area contributed by atoms with Crippen LogP contribution in [0.5, 0.6) is 0 Å². The number of aromatic nitrogens is 1. The van der Waals surface area contributed by atoms with Crippen LogP contribution in [0.2, 0.25) is 0 Å². The lowest BCUT2D eigenvalue weighted by Gasteiger charge is -2.20. The number of benzene rings is 1. The van der Waals surface area contributed by atoms with Gasteiger partial charge in [-0.2, -0.15) is 0 Å². The van der Waals surface area contributed by atoms with Gasteiger partial charge in [-0.1, -0.05) is 6.92 Å². The van der Waals surface area contributed by atoms with E-state index in [0.29, 0.717) is 17.7 Å². The Morgan fingerprint density at radius 1 is 1.15 bits per heavy atom. The molecule has 0 aliphatic rings. The van der Waals surface area contributed by atoms with Gasteiger partial charge in [-0.05, 0) is 36.7 Å². The Kier molecular flexibility index (Phi) is 4.74. The van der Waals surface area contributed by atoms with E-state index < -0.39 is 23.5 Å². The van der Waals surface area contributed by atoms with Gasteiger partial charge < -0.3 is 5.32 Å². The van der Waals surface area contributed by atoms with E-state index in [9.17, 15) is 13.2 Å². The van der Waals surface area contributed by atoms with Crippen LogP contribution in [0.15, 0.2) is 36.7 Å². The highest BCUT2D eigenvalue weighted by molar-refractivity contribution is 5.32. The van der Waals surface area contributed by atoms with E-state index in [1.165, 1.54) is 24.4 Å². The number of nitrogens with zero attached hydrogens (tertiary/aromatic N) is 1. The van der Waals surface area contributed by atoms with Crippen LogP contribution in [0.3, 0.4) is 0 Å². The zero-order valence-corrected chi connectivity index (χ0v) is 11.0. The maximum absolute atomic E-state index is 13.9. The molecule has 106 valence electrons. The number of halogens is 3. The van der Waals surface area contributed by atoms with Crippen molar-refractivity contribution in [2.45, 2.75) is 19.4 Å². The Hall–Kier alpha value is -1.88. The predicted octanol–water partition coefficient (Wildman–Crippen LogP) is 3.59. The molecular weight excluding hydrogens is 265 g/mol. The third-order valence-electron chi connectivity index (χ3n) is 2.93. The second kappa shape index (κ2) is 6.52. The molecule has 0 bridgehead atoms. The summed E-state index contributed by atoms with van der Waals surface area (Å²) in [5, 5.41) is 3.10. The maximum atomic E-state index is 13.9. The highest BCUT2D eigenvalue weighted by Crippen LogP contribution is 2.25. The topological polar surface area (TPSA) is 24.9 Å². The van der Waals surface area contributed by atoms with Gasteiger partial charge >= 0.3 is 0 Å². The van der Waals surface area contributed by atoms with Gasteiger partial charge in [0.25, 0.3) is 0 Å². The summed E-state index contributed by atoms with van der Waals surface area (Å²) in [7, 11) is 0. The Balaban J connectivity index is 2.44. The SMILES string of the molecule is CCCNC(c1cc(F)cc(F)c1)c1ccncc1F. The van der Waals surface area contributed by atoms with Crippen LogP contribution in [0.4, 0.5) is 13.2 Å². The van der Waals surface area contributed by atoms with Gasteiger partial charge in [-0.15, -0.1) is 0 Å². The first-order valence-corrected chi connectivity index (χ1v) is 6.40. The summed E-state index contributed by atoms with van der Waals surface area (Å²) in [6.45, 7) is 2.56. The van der Waals surface area contributed by atoms with Gasteiger partial charge in [0.1, 0.15) is 17.5 Å². The van der Waals surface area contributed by atoms with E-state index in [1.54, 1.807) is 0 Å². The molecule has 5 heteroatoms. The molecule has 2 nitrogen and oxygen atoms in total. The van der Waals surface area contributed by atoms with E-state index in [4.69, 9.17) is 0 Å². The van der Waals surface area contributed by atoms with Crippen molar-refractivity contribution in [3.05, 3.63) is 65.2 Å². The van der Waals surface area contributed by atoms with Crippen molar-refractivity contribution >= 4 is 0 Å². The molecule has 20 heavy (non-hydrogen) atoms. The highest BCUT2D eigenvalue weighted by atomic mass is 19.1. The number of hydrogen-bond acceptors (Lipinski definition) is 2. The average Bonchev–Trinajstić information content (AvgIpc) is 2.40. The van der Waals surface area contributed by atoms with Gasteiger partial charge in [0.05, 0.1) is 12.2 Å². The Morgan fingerprint density at radius 3 is 2.45 bits per heavy atom. The molecule has 0 aliphatic carbocycles. The zero-order valence-electron chi connectivity index (χ0n) is 11.0. The molecule has 0 saturated carbocycles. The smallest absolute Gasteiger partial charge is 0.146 e. The van der Waals surface area contributed by atoms with Crippen molar-refractivity contribution in [1.82, 2.24) is 10.3 Å². The van der Waals surface area contributed by atoms with Crippen LogP contribution in [-0.4, -0.2) is 11.5 Å². The Bertz CT molecular complexity index is 567. The molecular formula is C15H15F3N2. The van der Waals surface area contributed by atoms with Crippen molar-refractivity contribution < 1.29 is 13.2 Å². The molecule has 1 atom stereocenters. The van der Waals surface area contributed by atoms with Gasteiger partial charge in [-0.25, -0.2) is 13.2 Å². The summed E-state index contributed by atoms with van der Waals surface area (Å²) in [5.41, 5.74) is 0.666. The molecule has 0 saturated heterocycles. The fourth-order valence-corrected chi connectivity index (χ4v) is 2.06. The number of hydrogen-bond donors (Lipinski definition) is 1. The van der Waals surface area contributed by atoms with Gasteiger partial charge in [0, 0.05) is 17.8 Å². The molecule has 0 fully saturated rings. The molecule has 0 spiro atoms. The predicted molar refractivity (Wildman–Crippen MR) is 70.7 cm³/mol. The lowest BCUT2D eigenvalue weighted by atomic mass is 9.98. The summed E-state index contributed by atoms with van der Waals surface area (Å²) in [6.07, 6.45) is 3.36. The minimum atomic E-state index is -0.683. The molecule has 2 aromatic rings. The minimum Gasteiger partial charge on any atom is -0.306 e. The van der Waals surface area contributed by atoms with Gasteiger partial charge in [-0.3, -0.25) is 4.98 Å². The minimum absolute atomic E-state index is 0.318. The Morgan fingerprint density at radius 2 is 1.85 bits per heavy atom. The quantitative estimate of drug-likeness (QED) is 0.905. The van der Waals surface area contributed by atoms with Gasteiger partial charge in [0.2, 0.25) is 0 Å².